The van der Waals surface area contributed by atoms with Crippen LogP contribution in [0.15, 0.2) is 24.3 Å². The molecule has 0 unspecified atom stereocenters. The van der Waals surface area contributed by atoms with E-state index < -0.39 is 0 Å². The second-order valence-corrected chi connectivity index (χ2v) is 4.47. The first-order valence-corrected chi connectivity index (χ1v) is 5.78. The van der Waals surface area contributed by atoms with E-state index in [-0.39, 0.29) is 27.6 Å². The number of nitrogen functional groups attached to an aromatic ring is 1. The number of hydrogen-bond donors (Lipinski definition) is 1. The summed E-state index contributed by atoms with van der Waals surface area (Å²) >= 11 is 11.7. The highest BCUT2D eigenvalue weighted by Crippen LogP contribution is 2.33. The summed E-state index contributed by atoms with van der Waals surface area (Å²) in [7, 11) is 0. The standard InChI is InChI=1S/C12H9Cl2FN2O/c1-6-4-7(15)2-3-10(6)18-12-9(14)5-8(13)11(16)17-12/h2-5H,1H3,(H2,16,17). The molecule has 2 N–H and O–H groups in total. The van der Waals surface area contributed by atoms with Gasteiger partial charge in [-0.05, 0) is 36.8 Å². The molecule has 0 atom stereocenters. The van der Waals surface area contributed by atoms with Crippen molar-refractivity contribution >= 4 is 29.0 Å². The molecule has 0 saturated heterocycles. The summed E-state index contributed by atoms with van der Waals surface area (Å²) in [6.45, 7) is 1.71. The first kappa shape index (κ1) is 12.9. The minimum Gasteiger partial charge on any atom is -0.437 e. The van der Waals surface area contributed by atoms with Crippen LogP contribution in [0.5, 0.6) is 11.6 Å². The van der Waals surface area contributed by atoms with Gasteiger partial charge in [0.15, 0.2) is 0 Å². The lowest BCUT2D eigenvalue weighted by Gasteiger charge is -2.10. The summed E-state index contributed by atoms with van der Waals surface area (Å²) in [5.74, 6) is 0.367. The average molecular weight is 287 g/mol. The molecule has 94 valence electrons. The first-order chi connectivity index (χ1) is 8.47. The highest BCUT2D eigenvalue weighted by molar-refractivity contribution is 6.36. The van der Waals surface area contributed by atoms with E-state index in [2.05, 4.69) is 4.98 Å². The summed E-state index contributed by atoms with van der Waals surface area (Å²) in [6, 6.07) is 5.57. The van der Waals surface area contributed by atoms with Crippen molar-refractivity contribution < 1.29 is 9.13 Å². The van der Waals surface area contributed by atoms with Crippen LogP contribution in [0.25, 0.3) is 0 Å². The molecule has 18 heavy (non-hydrogen) atoms. The smallest absolute Gasteiger partial charge is 0.240 e. The number of nitrogens with zero attached hydrogens (tertiary/aromatic N) is 1. The van der Waals surface area contributed by atoms with Crippen molar-refractivity contribution in [1.29, 1.82) is 0 Å². The number of ether oxygens (including phenoxy) is 1. The summed E-state index contributed by atoms with van der Waals surface area (Å²) in [6.07, 6.45) is 0. The molecule has 1 aromatic carbocycles. The molecule has 2 aromatic rings. The second kappa shape index (κ2) is 5.00. The molecule has 0 aliphatic rings. The number of nitrogens with two attached hydrogens (primary N) is 1. The van der Waals surface area contributed by atoms with Crippen LogP contribution >= 0.6 is 23.2 Å². The maximum absolute atomic E-state index is 12.9. The molecular formula is C12H9Cl2FN2O. The molecule has 0 bridgehead atoms. The van der Waals surface area contributed by atoms with Gasteiger partial charge in [-0.3, -0.25) is 0 Å². The van der Waals surface area contributed by atoms with Crippen LogP contribution in [-0.4, -0.2) is 4.98 Å². The maximum Gasteiger partial charge on any atom is 0.240 e. The molecule has 2 rings (SSSR count). The van der Waals surface area contributed by atoms with Crippen molar-refractivity contribution in [2.45, 2.75) is 6.92 Å². The van der Waals surface area contributed by atoms with E-state index in [9.17, 15) is 4.39 Å². The normalized spacial score (nSPS) is 10.4. The van der Waals surface area contributed by atoms with Crippen LogP contribution in [0.1, 0.15) is 5.56 Å². The lowest BCUT2D eigenvalue weighted by molar-refractivity contribution is 0.459. The largest absolute Gasteiger partial charge is 0.437 e. The molecular weight excluding hydrogens is 278 g/mol. The lowest BCUT2D eigenvalue weighted by atomic mass is 10.2. The summed E-state index contributed by atoms with van der Waals surface area (Å²) < 4.78 is 18.4. The van der Waals surface area contributed by atoms with Gasteiger partial charge in [0.2, 0.25) is 5.88 Å². The predicted molar refractivity (Wildman–Crippen MR) is 69.9 cm³/mol. The van der Waals surface area contributed by atoms with E-state index in [0.29, 0.717) is 11.3 Å². The van der Waals surface area contributed by atoms with Crippen molar-refractivity contribution in [1.82, 2.24) is 4.98 Å². The van der Waals surface area contributed by atoms with E-state index in [4.69, 9.17) is 33.7 Å². The van der Waals surface area contributed by atoms with Gasteiger partial charge >= 0.3 is 0 Å². The highest BCUT2D eigenvalue weighted by atomic mass is 35.5. The highest BCUT2D eigenvalue weighted by Gasteiger charge is 2.11. The molecule has 1 heterocycles. The fraction of sp³-hybridized carbons (Fsp3) is 0.0833. The van der Waals surface area contributed by atoms with Crippen molar-refractivity contribution in [3.63, 3.8) is 0 Å². The molecule has 0 saturated carbocycles. The van der Waals surface area contributed by atoms with Gasteiger partial charge in [0.25, 0.3) is 0 Å². The summed E-state index contributed by atoms with van der Waals surface area (Å²) in [5.41, 5.74) is 6.19. The first-order valence-electron chi connectivity index (χ1n) is 5.03. The van der Waals surface area contributed by atoms with E-state index in [1.54, 1.807) is 6.92 Å². The number of hydrogen-bond acceptors (Lipinski definition) is 3. The molecule has 0 radical (unpaired) electrons. The fourth-order valence-corrected chi connectivity index (χ4v) is 1.76. The number of aryl methyl sites for hydroxylation is 1. The van der Waals surface area contributed by atoms with Gasteiger partial charge in [-0.15, -0.1) is 0 Å². The van der Waals surface area contributed by atoms with E-state index in [1.807, 2.05) is 0 Å². The van der Waals surface area contributed by atoms with Crippen LogP contribution in [0.3, 0.4) is 0 Å². The number of benzene rings is 1. The average Bonchev–Trinajstić information content (AvgIpc) is 2.29. The molecule has 1 aromatic heterocycles. The number of pyridine rings is 1. The van der Waals surface area contributed by atoms with Crippen molar-refractivity contribution in [3.05, 3.63) is 45.7 Å². The number of rotatable bonds is 2. The van der Waals surface area contributed by atoms with Gasteiger partial charge in [-0.25, -0.2) is 4.39 Å². The van der Waals surface area contributed by atoms with E-state index >= 15 is 0 Å². The monoisotopic (exact) mass is 286 g/mol. The molecule has 0 fully saturated rings. The Morgan fingerprint density at radius 3 is 2.61 bits per heavy atom. The van der Waals surface area contributed by atoms with Crippen LogP contribution in [0, 0.1) is 12.7 Å². The molecule has 0 aliphatic heterocycles. The Morgan fingerprint density at radius 1 is 1.22 bits per heavy atom. The Labute approximate surface area is 113 Å². The van der Waals surface area contributed by atoms with Crippen molar-refractivity contribution in [2.24, 2.45) is 0 Å². The van der Waals surface area contributed by atoms with Gasteiger partial charge in [-0.2, -0.15) is 4.98 Å². The molecule has 0 aliphatic carbocycles. The fourth-order valence-electron chi connectivity index (χ4n) is 1.37. The van der Waals surface area contributed by atoms with Crippen LogP contribution in [0.2, 0.25) is 10.0 Å². The van der Waals surface area contributed by atoms with Gasteiger partial charge in [0.05, 0.1) is 5.02 Å². The van der Waals surface area contributed by atoms with Crippen molar-refractivity contribution in [2.75, 3.05) is 5.73 Å². The van der Waals surface area contributed by atoms with Crippen molar-refractivity contribution in [3.8, 4) is 11.6 Å². The quantitative estimate of drug-likeness (QED) is 0.900. The second-order valence-electron chi connectivity index (χ2n) is 3.65. The molecule has 6 heteroatoms. The number of halogens is 3. The van der Waals surface area contributed by atoms with Crippen LogP contribution < -0.4 is 10.5 Å². The number of aromatic nitrogens is 1. The molecule has 0 amide bonds. The summed E-state index contributed by atoms with van der Waals surface area (Å²) in [4.78, 5) is 3.93. The third-order valence-electron chi connectivity index (χ3n) is 2.27. The zero-order valence-electron chi connectivity index (χ0n) is 9.38. The number of anilines is 1. The van der Waals surface area contributed by atoms with Gasteiger partial charge in [-0.1, -0.05) is 23.2 Å². The Kier molecular flexibility index (Phi) is 3.59. The van der Waals surface area contributed by atoms with Crippen LogP contribution in [-0.2, 0) is 0 Å². The van der Waals surface area contributed by atoms with Gasteiger partial charge in [0, 0.05) is 0 Å². The Bertz CT molecular complexity index is 605. The van der Waals surface area contributed by atoms with Gasteiger partial charge < -0.3 is 10.5 Å². The minimum absolute atomic E-state index is 0.121. The minimum atomic E-state index is -0.338. The summed E-state index contributed by atoms with van der Waals surface area (Å²) in [5, 5.41) is 0.487. The zero-order valence-corrected chi connectivity index (χ0v) is 10.9. The van der Waals surface area contributed by atoms with E-state index in [0.717, 1.165) is 0 Å². The Morgan fingerprint density at radius 2 is 1.94 bits per heavy atom. The van der Waals surface area contributed by atoms with E-state index in [1.165, 1.54) is 24.3 Å². The third kappa shape index (κ3) is 2.66. The molecule has 0 spiro atoms. The maximum atomic E-state index is 12.9. The zero-order chi connectivity index (χ0) is 13.3. The van der Waals surface area contributed by atoms with Crippen LogP contribution in [0.4, 0.5) is 10.2 Å². The Balaban J connectivity index is 2.37. The SMILES string of the molecule is Cc1cc(F)ccc1Oc1nc(N)c(Cl)cc1Cl. The predicted octanol–water partition coefficient (Wildman–Crippen LogP) is 4.21. The molecule has 3 nitrogen and oxygen atoms in total. The topological polar surface area (TPSA) is 48.1 Å². The Hall–Kier alpha value is -1.52. The van der Waals surface area contributed by atoms with Gasteiger partial charge in [0.1, 0.15) is 22.4 Å². The third-order valence-corrected chi connectivity index (χ3v) is 2.84. The lowest BCUT2D eigenvalue weighted by Crippen LogP contribution is -1.97.